The van der Waals surface area contributed by atoms with Gasteiger partial charge in [0, 0.05) is 18.2 Å². The number of para-hydroxylation sites is 1. The molecule has 2 unspecified atom stereocenters. The van der Waals surface area contributed by atoms with E-state index < -0.39 is 0 Å². The fourth-order valence-electron chi connectivity index (χ4n) is 3.05. The molecule has 2 rings (SSSR count). The molecule has 2 N–H and O–H groups in total. The van der Waals surface area contributed by atoms with E-state index in [0.29, 0.717) is 13.2 Å². The van der Waals surface area contributed by atoms with Crippen LogP contribution >= 0.6 is 0 Å². The summed E-state index contributed by atoms with van der Waals surface area (Å²) in [4.78, 5) is 0. The van der Waals surface area contributed by atoms with Gasteiger partial charge in [0.1, 0.15) is 12.4 Å². The van der Waals surface area contributed by atoms with Gasteiger partial charge in [-0.05, 0) is 31.2 Å². The highest BCUT2D eigenvalue weighted by Gasteiger charge is 2.32. The van der Waals surface area contributed by atoms with Crippen LogP contribution in [0.15, 0.2) is 24.3 Å². The van der Waals surface area contributed by atoms with Gasteiger partial charge in [-0.1, -0.05) is 38.0 Å². The fraction of sp³-hybridized carbons (Fsp3) is 0.647. The lowest BCUT2D eigenvalue weighted by atomic mass is 9.83. The van der Waals surface area contributed by atoms with Crippen LogP contribution in [0.5, 0.6) is 5.75 Å². The fourth-order valence-corrected chi connectivity index (χ4v) is 3.05. The van der Waals surface area contributed by atoms with E-state index >= 15 is 0 Å². The average molecular weight is 277 g/mol. The van der Waals surface area contributed by atoms with Gasteiger partial charge in [0.15, 0.2) is 0 Å². The zero-order chi connectivity index (χ0) is 14.4. The highest BCUT2D eigenvalue weighted by atomic mass is 16.5. The van der Waals surface area contributed by atoms with E-state index in [-0.39, 0.29) is 5.54 Å². The van der Waals surface area contributed by atoms with Gasteiger partial charge in [-0.2, -0.15) is 0 Å². The Bertz CT molecular complexity index is 421. The van der Waals surface area contributed by atoms with E-state index in [4.69, 9.17) is 15.2 Å². The number of rotatable bonds is 5. The molecule has 1 aliphatic carbocycles. The van der Waals surface area contributed by atoms with Crippen LogP contribution in [0, 0.1) is 5.92 Å². The first-order valence-corrected chi connectivity index (χ1v) is 7.66. The number of hydrogen-bond acceptors (Lipinski definition) is 3. The van der Waals surface area contributed by atoms with Crippen molar-refractivity contribution in [2.24, 2.45) is 11.7 Å². The Morgan fingerprint density at radius 3 is 2.80 bits per heavy atom. The molecule has 1 saturated carbocycles. The van der Waals surface area contributed by atoms with E-state index in [1.807, 2.05) is 12.1 Å². The standard InChI is InChI=1S/C17H27NO2/c1-14-6-5-10-17(18,11-9-14)15-7-3-4-8-16(15)20-13-12-19-2/h3-4,7-8,14H,5-6,9-13,18H2,1-2H3. The second-order valence-electron chi connectivity index (χ2n) is 6.03. The number of benzene rings is 1. The Labute approximate surface area is 122 Å². The van der Waals surface area contributed by atoms with Crippen LogP contribution < -0.4 is 10.5 Å². The van der Waals surface area contributed by atoms with Gasteiger partial charge in [0.25, 0.3) is 0 Å². The summed E-state index contributed by atoms with van der Waals surface area (Å²) >= 11 is 0. The summed E-state index contributed by atoms with van der Waals surface area (Å²) in [5.74, 6) is 1.70. The molecule has 3 heteroatoms. The largest absolute Gasteiger partial charge is 0.491 e. The summed E-state index contributed by atoms with van der Waals surface area (Å²) in [5.41, 5.74) is 7.65. The first-order chi connectivity index (χ1) is 9.65. The molecule has 0 aliphatic heterocycles. The van der Waals surface area contributed by atoms with Crippen molar-refractivity contribution < 1.29 is 9.47 Å². The van der Waals surface area contributed by atoms with Crippen LogP contribution in [0.3, 0.4) is 0 Å². The predicted octanol–water partition coefficient (Wildman–Crippen LogP) is 3.47. The number of hydrogen-bond donors (Lipinski definition) is 1. The Morgan fingerprint density at radius 1 is 1.20 bits per heavy atom. The Balaban J connectivity index is 2.17. The summed E-state index contributed by atoms with van der Waals surface area (Å²) < 4.78 is 10.9. The van der Waals surface area contributed by atoms with E-state index in [0.717, 1.165) is 30.1 Å². The van der Waals surface area contributed by atoms with Crippen LogP contribution in [0.4, 0.5) is 0 Å². The second-order valence-corrected chi connectivity index (χ2v) is 6.03. The van der Waals surface area contributed by atoms with E-state index in [1.54, 1.807) is 7.11 Å². The molecule has 0 amide bonds. The predicted molar refractivity (Wildman–Crippen MR) is 81.9 cm³/mol. The highest BCUT2D eigenvalue weighted by Crippen LogP contribution is 2.39. The first kappa shape index (κ1) is 15.3. The monoisotopic (exact) mass is 277 g/mol. The topological polar surface area (TPSA) is 44.5 Å². The third-order valence-electron chi connectivity index (χ3n) is 4.37. The summed E-state index contributed by atoms with van der Waals surface area (Å²) in [6.07, 6.45) is 5.76. The molecule has 0 spiro atoms. The van der Waals surface area contributed by atoms with Gasteiger partial charge in [-0.3, -0.25) is 0 Å². The van der Waals surface area contributed by atoms with Crippen LogP contribution in [-0.2, 0) is 10.3 Å². The number of methoxy groups -OCH3 is 1. The third kappa shape index (κ3) is 3.74. The molecule has 0 heterocycles. The lowest BCUT2D eigenvalue weighted by molar-refractivity contribution is 0.144. The maximum absolute atomic E-state index is 6.74. The van der Waals surface area contributed by atoms with Crippen LogP contribution in [0.25, 0.3) is 0 Å². The molecule has 1 aromatic rings. The van der Waals surface area contributed by atoms with E-state index in [9.17, 15) is 0 Å². The maximum Gasteiger partial charge on any atom is 0.124 e. The summed E-state index contributed by atoms with van der Waals surface area (Å²) in [7, 11) is 1.69. The van der Waals surface area contributed by atoms with Gasteiger partial charge in [0.2, 0.25) is 0 Å². The molecule has 1 aliphatic rings. The van der Waals surface area contributed by atoms with Crippen LogP contribution in [0.1, 0.15) is 44.6 Å². The minimum Gasteiger partial charge on any atom is -0.491 e. The van der Waals surface area contributed by atoms with Crippen molar-refractivity contribution in [2.75, 3.05) is 20.3 Å². The van der Waals surface area contributed by atoms with Crippen molar-refractivity contribution in [3.8, 4) is 5.75 Å². The van der Waals surface area contributed by atoms with Crippen molar-refractivity contribution in [3.63, 3.8) is 0 Å². The molecule has 1 aromatic carbocycles. The minimum atomic E-state index is -0.242. The van der Waals surface area contributed by atoms with E-state index in [2.05, 4.69) is 19.1 Å². The Morgan fingerprint density at radius 2 is 2.00 bits per heavy atom. The maximum atomic E-state index is 6.74. The zero-order valence-corrected chi connectivity index (χ0v) is 12.7. The minimum absolute atomic E-state index is 0.242. The van der Waals surface area contributed by atoms with Crippen LogP contribution in [-0.4, -0.2) is 20.3 Å². The first-order valence-electron chi connectivity index (χ1n) is 7.66. The zero-order valence-electron chi connectivity index (χ0n) is 12.7. The van der Waals surface area contributed by atoms with Gasteiger partial charge < -0.3 is 15.2 Å². The van der Waals surface area contributed by atoms with E-state index in [1.165, 1.54) is 19.3 Å². The smallest absolute Gasteiger partial charge is 0.124 e. The van der Waals surface area contributed by atoms with Gasteiger partial charge >= 0.3 is 0 Å². The van der Waals surface area contributed by atoms with Crippen molar-refractivity contribution in [1.29, 1.82) is 0 Å². The van der Waals surface area contributed by atoms with Gasteiger partial charge in [-0.25, -0.2) is 0 Å². The molecule has 112 valence electrons. The molecule has 20 heavy (non-hydrogen) atoms. The quantitative estimate of drug-likeness (QED) is 0.662. The molecular formula is C17H27NO2. The van der Waals surface area contributed by atoms with Gasteiger partial charge in [-0.15, -0.1) is 0 Å². The lowest BCUT2D eigenvalue weighted by Gasteiger charge is -2.30. The molecule has 2 atom stereocenters. The third-order valence-corrected chi connectivity index (χ3v) is 4.37. The number of nitrogens with two attached hydrogens (primary N) is 1. The molecule has 0 saturated heterocycles. The molecule has 1 fully saturated rings. The summed E-state index contributed by atoms with van der Waals surface area (Å²) in [5, 5.41) is 0. The molecular weight excluding hydrogens is 250 g/mol. The summed E-state index contributed by atoms with van der Waals surface area (Å²) in [6, 6.07) is 8.21. The van der Waals surface area contributed by atoms with Crippen molar-refractivity contribution >= 4 is 0 Å². The molecule has 0 aromatic heterocycles. The van der Waals surface area contributed by atoms with Gasteiger partial charge in [0.05, 0.1) is 6.61 Å². The van der Waals surface area contributed by atoms with Crippen molar-refractivity contribution in [1.82, 2.24) is 0 Å². The van der Waals surface area contributed by atoms with Crippen molar-refractivity contribution in [3.05, 3.63) is 29.8 Å². The average Bonchev–Trinajstić information content (AvgIpc) is 2.62. The lowest BCUT2D eigenvalue weighted by Crippen LogP contribution is -2.36. The summed E-state index contributed by atoms with van der Waals surface area (Å²) in [6.45, 7) is 3.50. The molecule has 0 radical (unpaired) electrons. The molecule has 0 bridgehead atoms. The van der Waals surface area contributed by atoms with Crippen LogP contribution in [0.2, 0.25) is 0 Å². The second kappa shape index (κ2) is 7.09. The normalized spacial score (nSPS) is 27.1. The number of ether oxygens (including phenoxy) is 2. The highest BCUT2D eigenvalue weighted by molar-refractivity contribution is 5.39. The van der Waals surface area contributed by atoms with Crippen molar-refractivity contribution in [2.45, 2.75) is 44.6 Å². The molecule has 3 nitrogen and oxygen atoms in total. The Hall–Kier alpha value is -1.06. The Kier molecular flexibility index (Phi) is 5.44. The SMILES string of the molecule is COCCOc1ccccc1C1(N)CCCC(C)CC1.